The molecular formula is C20H23N9O3. The summed E-state index contributed by atoms with van der Waals surface area (Å²) in [7, 11) is 1.50. The van der Waals surface area contributed by atoms with E-state index in [-0.39, 0.29) is 41.9 Å². The first kappa shape index (κ1) is 20.1. The maximum atomic E-state index is 12.3. The third kappa shape index (κ3) is 3.80. The van der Waals surface area contributed by atoms with Crippen LogP contribution in [0.15, 0.2) is 24.4 Å². The number of pyridine rings is 1. The summed E-state index contributed by atoms with van der Waals surface area (Å²) in [5.41, 5.74) is 1.94. The average molecular weight is 437 g/mol. The topological polar surface area (TPSA) is 150 Å². The predicted octanol–water partition coefficient (Wildman–Crippen LogP) is 0.542. The molecule has 3 aromatic rings. The molecular weight excluding hydrogens is 414 g/mol. The lowest BCUT2D eigenvalue weighted by Gasteiger charge is -2.41. The monoisotopic (exact) mass is 437 g/mol. The number of nitrogens with zero attached hydrogens (tertiary/aromatic N) is 6. The van der Waals surface area contributed by atoms with Gasteiger partial charge >= 0.3 is 0 Å². The van der Waals surface area contributed by atoms with Crippen molar-refractivity contribution < 1.29 is 14.7 Å². The van der Waals surface area contributed by atoms with E-state index in [1.165, 1.54) is 7.05 Å². The summed E-state index contributed by atoms with van der Waals surface area (Å²) in [5, 5.41) is 30.1. The third-order valence-electron chi connectivity index (χ3n) is 5.68. The lowest BCUT2D eigenvalue weighted by molar-refractivity contribution is -0.117. The zero-order valence-electron chi connectivity index (χ0n) is 17.4. The molecule has 0 bridgehead atoms. The van der Waals surface area contributed by atoms with Crippen LogP contribution in [0.5, 0.6) is 0 Å². The SMILES string of the molecule is CNC(=O)c1nnc(NC(=O)C2CC2)cc1Nc1nc2ccc(N3CCC3CO)cn2n1. The van der Waals surface area contributed by atoms with Gasteiger partial charge < -0.3 is 26.0 Å². The molecule has 2 aliphatic rings. The first-order valence-electron chi connectivity index (χ1n) is 10.5. The van der Waals surface area contributed by atoms with Crippen LogP contribution in [0.1, 0.15) is 29.8 Å². The van der Waals surface area contributed by atoms with Crippen LogP contribution in [-0.4, -0.2) is 68.0 Å². The largest absolute Gasteiger partial charge is 0.394 e. The first-order chi connectivity index (χ1) is 15.6. The molecule has 1 unspecified atom stereocenters. The Morgan fingerprint density at radius 2 is 2.06 bits per heavy atom. The second-order valence-corrected chi connectivity index (χ2v) is 7.90. The third-order valence-corrected chi connectivity index (χ3v) is 5.68. The van der Waals surface area contributed by atoms with Gasteiger partial charge in [0.2, 0.25) is 11.9 Å². The number of fused-ring (bicyclic) bond motifs is 1. The highest BCUT2D eigenvalue weighted by Gasteiger charge is 2.30. The molecule has 0 spiro atoms. The van der Waals surface area contributed by atoms with Crippen LogP contribution in [0.3, 0.4) is 0 Å². The predicted molar refractivity (Wildman–Crippen MR) is 116 cm³/mol. The molecule has 4 N–H and O–H groups in total. The normalized spacial score (nSPS) is 17.7. The van der Waals surface area contributed by atoms with Crippen LogP contribution >= 0.6 is 0 Å². The quantitative estimate of drug-likeness (QED) is 0.415. The van der Waals surface area contributed by atoms with Crippen molar-refractivity contribution in [3.63, 3.8) is 0 Å². The Balaban J connectivity index is 1.42. The van der Waals surface area contributed by atoms with E-state index in [0.717, 1.165) is 31.5 Å². The van der Waals surface area contributed by atoms with Crippen molar-refractivity contribution in [3.05, 3.63) is 30.1 Å². The van der Waals surface area contributed by atoms with E-state index in [0.29, 0.717) is 11.3 Å². The second-order valence-electron chi connectivity index (χ2n) is 7.90. The first-order valence-corrected chi connectivity index (χ1v) is 10.5. The van der Waals surface area contributed by atoms with Crippen LogP contribution in [-0.2, 0) is 4.79 Å². The average Bonchev–Trinajstić information content (AvgIpc) is 3.54. The summed E-state index contributed by atoms with van der Waals surface area (Å²) < 4.78 is 1.63. The van der Waals surface area contributed by atoms with Crippen LogP contribution in [0.2, 0.25) is 0 Å². The summed E-state index contributed by atoms with van der Waals surface area (Å²) in [6.45, 7) is 0.989. The van der Waals surface area contributed by atoms with Gasteiger partial charge in [-0.15, -0.1) is 15.3 Å². The van der Waals surface area contributed by atoms with E-state index in [4.69, 9.17) is 0 Å². The lowest BCUT2D eigenvalue weighted by atomic mass is 10.0. The molecule has 2 fully saturated rings. The number of aromatic nitrogens is 5. The highest BCUT2D eigenvalue weighted by molar-refractivity contribution is 5.99. The second kappa shape index (κ2) is 8.04. The van der Waals surface area contributed by atoms with Crippen molar-refractivity contribution in [1.82, 2.24) is 30.1 Å². The van der Waals surface area contributed by atoms with Gasteiger partial charge in [-0.05, 0) is 31.4 Å². The highest BCUT2D eigenvalue weighted by Crippen LogP contribution is 2.30. The van der Waals surface area contributed by atoms with E-state index < -0.39 is 5.91 Å². The number of rotatable bonds is 7. The molecule has 1 aliphatic carbocycles. The minimum absolute atomic E-state index is 0.0120. The molecule has 1 aliphatic heterocycles. The lowest BCUT2D eigenvalue weighted by Crippen LogP contribution is -2.50. The summed E-state index contributed by atoms with van der Waals surface area (Å²) in [6.07, 6.45) is 4.53. The Morgan fingerprint density at radius 3 is 2.75 bits per heavy atom. The molecule has 1 saturated carbocycles. The number of nitrogens with one attached hydrogen (secondary N) is 3. The van der Waals surface area contributed by atoms with Crippen LogP contribution in [0.25, 0.3) is 5.65 Å². The Kier molecular flexibility index (Phi) is 5.05. The molecule has 1 atom stereocenters. The molecule has 2 amide bonds. The van der Waals surface area contributed by atoms with Gasteiger partial charge in [0, 0.05) is 25.6 Å². The molecule has 4 heterocycles. The fraction of sp³-hybridized carbons (Fsp3) is 0.400. The molecule has 32 heavy (non-hydrogen) atoms. The smallest absolute Gasteiger partial charge is 0.273 e. The molecule has 12 heteroatoms. The standard InChI is InChI=1S/C20H23N9O3/c1-21-19(32)17-14(8-15(25-26-17)23-18(31)11-2-3-11)22-20-24-16-5-4-12(9-29(16)27-20)28-7-6-13(28)10-30/h4-5,8-9,11,13,30H,2-3,6-7,10H2,1H3,(H,21,32)(H2,22,23,25,27,31). The number of amides is 2. The number of carbonyl (C=O) groups is 2. The van der Waals surface area contributed by atoms with E-state index >= 15 is 0 Å². The maximum absolute atomic E-state index is 12.3. The fourth-order valence-corrected chi connectivity index (χ4v) is 3.59. The Morgan fingerprint density at radius 1 is 1.22 bits per heavy atom. The number of aliphatic hydroxyl groups excluding tert-OH is 1. The van der Waals surface area contributed by atoms with Crippen LogP contribution in [0.4, 0.5) is 23.1 Å². The zero-order valence-corrected chi connectivity index (χ0v) is 17.4. The van der Waals surface area contributed by atoms with Gasteiger partial charge in [0.1, 0.15) is 0 Å². The van der Waals surface area contributed by atoms with Gasteiger partial charge in [0.15, 0.2) is 17.2 Å². The molecule has 12 nitrogen and oxygen atoms in total. The molecule has 0 radical (unpaired) electrons. The number of carbonyl (C=O) groups excluding carboxylic acids is 2. The summed E-state index contributed by atoms with van der Waals surface area (Å²) in [4.78, 5) is 30.9. The van der Waals surface area contributed by atoms with Gasteiger partial charge in [0.05, 0.1) is 30.2 Å². The van der Waals surface area contributed by atoms with Gasteiger partial charge in [0.25, 0.3) is 5.91 Å². The molecule has 3 aromatic heterocycles. The number of hydrogen-bond donors (Lipinski definition) is 4. The Bertz CT molecular complexity index is 1190. The fourth-order valence-electron chi connectivity index (χ4n) is 3.59. The Hall–Kier alpha value is -3.80. The number of hydrogen-bond acceptors (Lipinski definition) is 9. The van der Waals surface area contributed by atoms with E-state index in [2.05, 4.69) is 41.1 Å². The van der Waals surface area contributed by atoms with Crippen molar-refractivity contribution in [1.29, 1.82) is 0 Å². The molecule has 166 valence electrons. The highest BCUT2D eigenvalue weighted by atomic mass is 16.3. The van der Waals surface area contributed by atoms with E-state index in [1.807, 2.05) is 18.3 Å². The summed E-state index contributed by atoms with van der Waals surface area (Å²) in [6, 6.07) is 5.44. The van der Waals surface area contributed by atoms with Gasteiger partial charge in [-0.1, -0.05) is 0 Å². The van der Waals surface area contributed by atoms with Gasteiger partial charge in [-0.25, -0.2) is 4.52 Å². The van der Waals surface area contributed by atoms with Crippen molar-refractivity contribution >= 4 is 40.6 Å². The van der Waals surface area contributed by atoms with Crippen molar-refractivity contribution in [3.8, 4) is 0 Å². The zero-order chi connectivity index (χ0) is 22.2. The summed E-state index contributed by atoms with van der Waals surface area (Å²) >= 11 is 0. The van der Waals surface area contributed by atoms with Crippen LogP contribution < -0.4 is 20.9 Å². The Labute approximate surface area is 183 Å². The van der Waals surface area contributed by atoms with Crippen molar-refractivity contribution in [2.75, 3.05) is 35.7 Å². The summed E-state index contributed by atoms with van der Waals surface area (Å²) in [5.74, 6) is -0.0153. The van der Waals surface area contributed by atoms with Crippen LogP contribution in [0, 0.1) is 5.92 Å². The minimum Gasteiger partial charge on any atom is -0.394 e. The van der Waals surface area contributed by atoms with E-state index in [9.17, 15) is 14.7 Å². The van der Waals surface area contributed by atoms with E-state index in [1.54, 1.807) is 10.6 Å². The molecule has 1 saturated heterocycles. The molecule has 5 rings (SSSR count). The van der Waals surface area contributed by atoms with Gasteiger partial charge in [-0.2, -0.15) is 4.98 Å². The number of anilines is 4. The molecule has 0 aromatic carbocycles. The maximum Gasteiger partial charge on any atom is 0.273 e. The van der Waals surface area contributed by atoms with Gasteiger partial charge in [-0.3, -0.25) is 9.59 Å². The number of aliphatic hydroxyl groups is 1. The minimum atomic E-state index is -0.432. The van der Waals surface area contributed by atoms with Crippen molar-refractivity contribution in [2.24, 2.45) is 5.92 Å². The van der Waals surface area contributed by atoms with Crippen molar-refractivity contribution in [2.45, 2.75) is 25.3 Å².